The van der Waals surface area contributed by atoms with E-state index < -0.39 is 0 Å². The van der Waals surface area contributed by atoms with Crippen molar-refractivity contribution < 1.29 is 0 Å². The molecule has 0 saturated carbocycles. The van der Waals surface area contributed by atoms with E-state index in [1.165, 1.54) is 24.8 Å². The van der Waals surface area contributed by atoms with Crippen LogP contribution in [-0.4, -0.2) is 12.1 Å². The van der Waals surface area contributed by atoms with Gasteiger partial charge >= 0.3 is 0 Å². The van der Waals surface area contributed by atoms with Gasteiger partial charge in [-0.1, -0.05) is 56.5 Å². The summed E-state index contributed by atoms with van der Waals surface area (Å²) in [6, 6.07) is 8.28. The van der Waals surface area contributed by atoms with Crippen LogP contribution in [0.3, 0.4) is 0 Å². The Morgan fingerprint density at radius 3 is 2.40 bits per heavy atom. The molecule has 1 rings (SSSR count). The van der Waals surface area contributed by atoms with Crippen molar-refractivity contribution in [3.8, 4) is 0 Å². The van der Waals surface area contributed by atoms with Gasteiger partial charge in [-0.2, -0.15) is 0 Å². The molecule has 0 radical (unpaired) electrons. The van der Waals surface area contributed by atoms with E-state index in [1.807, 2.05) is 12.1 Å². The Hall–Kier alpha value is -0.530. The summed E-state index contributed by atoms with van der Waals surface area (Å²) in [5, 5.41) is 4.54. The quantitative estimate of drug-likeness (QED) is 0.686. The maximum Gasteiger partial charge on any atom is 0.0441 e. The van der Waals surface area contributed by atoms with Crippen molar-refractivity contribution >= 4 is 11.6 Å². The summed E-state index contributed by atoms with van der Waals surface area (Å²) in [7, 11) is 0. The fourth-order valence-corrected chi connectivity index (χ4v) is 2.94. The zero-order valence-electron chi connectivity index (χ0n) is 13.7. The molecule has 0 spiro atoms. The maximum atomic E-state index is 6.40. The van der Waals surface area contributed by atoms with Gasteiger partial charge in [0.05, 0.1) is 0 Å². The van der Waals surface area contributed by atoms with Crippen molar-refractivity contribution in [1.82, 2.24) is 5.32 Å². The average Bonchev–Trinajstić information content (AvgIpc) is 2.34. The van der Waals surface area contributed by atoms with Crippen molar-refractivity contribution in [2.45, 2.75) is 65.3 Å². The van der Waals surface area contributed by atoms with Gasteiger partial charge in [0.15, 0.2) is 0 Å². The second-order valence-corrected chi connectivity index (χ2v) is 7.39. The largest absolute Gasteiger partial charge is 0.311 e. The molecule has 0 saturated heterocycles. The number of benzene rings is 1. The van der Waals surface area contributed by atoms with Crippen molar-refractivity contribution in [3.63, 3.8) is 0 Å². The molecule has 0 aromatic heterocycles. The first-order valence-corrected chi connectivity index (χ1v) is 8.20. The van der Waals surface area contributed by atoms with Crippen molar-refractivity contribution in [2.24, 2.45) is 5.92 Å². The van der Waals surface area contributed by atoms with Gasteiger partial charge in [-0.15, -0.1) is 0 Å². The third kappa shape index (κ3) is 6.28. The van der Waals surface area contributed by atoms with Crippen molar-refractivity contribution in [3.05, 3.63) is 34.9 Å². The molecule has 114 valence electrons. The van der Waals surface area contributed by atoms with Gasteiger partial charge < -0.3 is 5.32 Å². The maximum absolute atomic E-state index is 6.40. The Labute approximate surface area is 130 Å². The molecule has 2 heteroatoms. The van der Waals surface area contributed by atoms with E-state index in [4.69, 9.17) is 11.6 Å². The van der Waals surface area contributed by atoms with Crippen LogP contribution in [0.1, 0.15) is 65.4 Å². The summed E-state index contributed by atoms with van der Waals surface area (Å²) >= 11 is 6.40. The van der Waals surface area contributed by atoms with Gasteiger partial charge in [-0.25, -0.2) is 0 Å². The SMILES string of the molecule is CCCC(C)CC(CNC(C)(C)C)c1ccccc1Cl. The van der Waals surface area contributed by atoms with Crippen molar-refractivity contribution in [2.75, 3.05) is 6.54 Å². The van der Waals surface area contributed by atoms with Crippen LogP contribution in [0.5, 0.6) is 0 Å². The second-order valence-electron chi connectivity index (χ2n) is 6.98. The lowest BCUT2D eigenvalue weighted by Crippen LogP contribution is -2.38. The zero-order valence-corrected chi connectivity index (χ0v) is 14.4. The Bertz CT molecular complexity index is 395. The van der Waals surface area contributed by atoms with Crippen LogP contribution in [0.2, 0.25) is 5.02 Å². The van der Waals surface area contributed by atoms with Crippen LogP contribution in [0.4, 0.5) is 0 Å². The molecule has 0 aliphatic heterocycles. The molecule has 0 amide bonds. The van der Waals surface area contributed by atoms with Crippen LogP contribution in [0.25, 0.3) is 0 Å². The number of halogens is 1. The topological polar surface area (TPSA) is 12.0 Å². The van der Waals surface area contributed by atoms with Gasteiger partial charge in [0.25, 0.3) is 0 Å². The summed E-state index contributed by atoms with van der Waals surface area (Å²) in [6.07, 6.45) is 3.74. The monoisotopic (exact) mass is 295 g/mol. The van der Waals surface area contributed by atoms with E-state index in [-0.39, 0.29) is 5.54 Å². The summed E-state index contributed by atoms with van der Waals surface area (Å²) in [4.78, 5) is 0. The van der Waals surface area contributed by atoms with E-state index in [2.05, 4.69) is 52.1 Å². The lowest BCUT2D eigenvalue weighted by Gasteiger charge is -2.28. The highest BCUT2D eigenvalue weighted by Crippen LogP contribution is 2.30. The first-order chi connectivity index (χ1) is 9.33. The van der Waals surface area contributed by atoms with E-state index in [1.54, 1.807) is 0 Å². The van der Waals surface area contributed by atoms with Gasteiger partial charge in [-0.05, 0) is 50.7 Å². The minimum atomic E-state index is 0.146. The molecule has 20 heavy (non-hydrogen) atoms. The van der Waals surface area contributed by atoms with Crippen LogP contribution in [-0.2, 0) is 0 Å². The van der Waals surface area contributed by atoms with E-state index >= 15 is 0 Å². The summed E-state index contributed by atoms with van der Waals surface area (Å²) in [5.74, 6) is 1.23. The molecule has 1 N–H and O–H groups in total. The van der Waals surface area contributed by atoms with Crippen LogP contribution in [0.15, 0.2) is 24.3 Å². The van der Waals surface area contributed by atoms with Crippen molar-refractivity contribution in [1.29, 1.82) is 0 Å². The fraction of sp³-hybridized carbons (Fsp3) is 0.667. The summed E-state index contributed by atoms with van der Waals surface area (Å²) in [5.41, 5.74) is 1.43. The Morgan fingerprint density at radius 2 is 1.85 bits per heavy atom. The lowest BCUT2D eigenvalue weighted by molar-refractivity contribution is 0.366. The highest BCUT2D eigenvalue weighted by Gasteiger charge is 2.20. The summed E-state index contributed by atoms with van der Waals surface area (Å²) in [6.45, 7) is 12.2. The standard InChI is InChI=1S/C18H30ClN/c1-6-9-14(2)12-15(13-20-18(3,4)5)16-10-7-8-11-17(16)19/h7-8,10-11,14-15,20H,6,9,12-13H2,1-5H3. The first-order valence-electron chi connectivity index (χ1n) is 7.83. The van der Waals surface area contributed by atoms with Gasteiger partial charge in [0.1, 0.15) is 0 Å². The number of nitrogens with one attached hydrogen (secondary N) is 1. The molecule has 0 aliphatic rings. The predicted molar refractivity (Wildman–Crippen MR) is 90.6 cm³/mol. The second kappa shape index (κ2) is 8.05. The lowest BCUT2D eigenvalue weighted by atomic mass is 9.87. The minimum absolute atomic E-state index is 0.146. The highest BCUT2D eigenvalue weighted by molar-refractivity contribution is 6.31. The molecule has 0 aliphatic carbocycles. The minimum Gasteiger partial charge on any atom is -0.311 e. The van der Waals surface area contributed by atoms with Gasteiger partial charge in [0, 0.05) is 17.1 Å². The van der Waals surface area contributed by atoms with Crippen LogP contribution >= 0.6 is 11.6 Å². The Balaban J connectivity index is 2.81. The summed E-state index contributed by atoms with van der Waals surface area (Å²) < 4.78 is 0. The van der Waals surface area contributed by atoms with E-state index in [0.29, 0.717) is 5.92 Å². The zero-order chi connectivity index (χ0) is 15.2. The predicted octanol–water partition coefficient (Wildman–Crippen LogP) is 5.64. The molecule has 0 bridgehead atoms. The first kappa shape index (κ1) is 17.5. The fourth-order valence-electron chi connectivity index (χ4n) is 2.65. The average molecular weight is 296 g/mol. The Kier molecular flexibility index (Phi) is 7.05. The third-order valence-corrected chi connectivity index (χ3v) is 4.04. The van der Waals surface area contributed by atoms with E-state index in [0.717, 1.165) is 17.5 Å². The third-order valence-electron chi connectivity index (χ3n) is 3.69. The molecule has 0 heterocycles. The smallest absolute Gasteiger partial charge is 0.0441 e. The molecule has 1 nitrogen and oxygen atoms in total. The van der Waals surface area contributed by atoms with E-state index in [9.17, 15) is 0 Å². The van der Waals surface area contributed by atoms with Crippen LogP contribution in [0, 0.1) is 5.92 Å². The number of rotatable bonds is 7. The number of hydrogen-bond donors (Lipinski definition) is 1. The molecule has 0 fully saturated rings. The molecule has 1 aromatic rings. The highest BCUT2D eigenvalue weighted by atomic mass is 35.5. The number of hydrogen-bond acceptors (Lipinski definition) is 1. The molecule has 1 aromatic carbocycles. The molecule has 2 unspecified atom stereocenters. The molecular formula is C18H30ClN. The van der Waals surface area contributed by atoms with Gasteiger partial charge in [-0.3, -0.25) is 0 Å². The molecular weight excluding hydrogens is 266 g/mol. The molecule has 2 atom stereocenters. The normalized spacial score (nSPS) is 15.1. The van der Waals surface area contributed by atoms with Crippen LogP contribution < -0.4 is 5.32 Å². The Morgan fingerprint density at radius 1 is 1.20 bits per heavy atom. The van der Waals surface area contributed by atoms with Gasteiger partial charge in [0.2, 0.25) is 0 Å².